The molecule has 3 rings (SSSR count). The Morgan fingerprint density at radius 3 is 2.96 bits per heavy atom. The summed E-state index contributed by atoms with van der Waals surface area (Å²) in [5.74, 6) is 0.782. The number of nitrogens with zero attached hydrogens (tertiary/aromatic N) is 5. The van der Waals surface area contributed by atoms with Crippen molar-refractivity contribution in [3.05, 3.63) is 73.0 Å². The molecule has 1 amide bonds. The molecule has 0 N–H and O–H groups in total. The van der Waals surface area contributed by atoms with Crippen molar-refractivity contribution in [2.45, 2.75) is 13.5 Å². The van der Waals surface area contributed by atoms with Crippen molar-refractivity contribution >= 4 is 16.8 Å². The molecule has 0 bridgehead atoms. The van der Waals surface area contributed by atoms with Crippen molar-refractivity contribution < 1.29 is 9.53 Å². The van der Waals surface area contributed by atoms with Crippen LogP contribution in [-0.4, -0.2) is 32.4 Å². The van der Waals surface area contributed by atoms with E-state index in [1.165, 1.54) is 17.3 Å². The van der Waals surface area contributed by atoms with Crippen molar-refractivity contribution in [2.24, 2.45) is 0 Å². The van der Waals surface area contributed by atoms with Gasteiger partial charge in [0.05, 0.1) is 5.52 Å². The lowest BCUT2D eigenvalue weighted by Crippen LogP contribution is -2.28. The number of hydrogen-bond acceptors (Lipinski definition) is 5. The van der Waals surface area contributed by atoms with E-state index < -0.39 is 0 Å². The number of aromatic nitrogens is 3. The molecule has 0 spiro atoms. The molecule has 0 saturated heterocycles. The van der Waals surface area contributed by atoms with Gasteiger partial charge < -0.3 is 14.2 Å². The van der Waals surface area contributed by atoms with E-state index in [-0.39, 0.29) is 24.0 Å². The molecule has 7 nitrogen and oxygen atoms in total. The Balaban J connectivity index is 1.86. The van der Waals surface area contributed by atoms with Crippen LogP contribution < -0.4 is 4.74 Å². The van der Waals surface area contributed by atoms with Crippen LogP contribution in [0.4, 0.5) is 0 Å². The summed E-state index contributed by atoms with van der Waals surface area (Å²) in [4.78, 5) is 21.9. The minimum absolute atomic E-state index is 0.0821. The third-order valence-corrected chi connectivity index (χ3v) is 4.21. The maximum atomic E-state index is 12.5. The zero-order valence-electron chi connectivity index (χ0n) is 15.7. The van der Waals surface area contributed by atoms with Crippen LogP contribution in [0.2, 0.25) is 0 Å². The quantitative estimate of drug-likeness (QED) is 0.616. The predicted molar refractivity (Wildman–Crippen MR) is 105 cm³/mol. The summed E-state index contributed by atoms with van der Waals surface area (Å²) in [6, 6.07) is 10.9. The number of ether oxygens (including phenoxy) is 1. The van der Waals surface area contributed by atoms with Crippen LogP contribution in [-0.2, 0) is 11.3 Å². The average molecular weight is 373 g/mol. The Morgan fingerprint density at radius 1 is 1.39 bits per heavy atom. The number of carbonyl (C=O) groups excluding carboxylic acids is 1. The molecule has 140 valence electrons. The van der Waals surface area contributed by atoms with E-state index in [0.717, 1.165) is 10.9 Å². The lowest BCUT2D eigenvalue weighted by molar-refractivity contribution is -0.128. The van der Waals surface area contributed by atoms with Crippen LogP contribution >= 0.6 is 0 Å². The van der Waals surface area contributed by atoms with Crippen molar-refractivity contribution in [1.82, 2.24) is 19.4 Å². The van der Waals surface area contributed by atoms with Crippen LogP contribution in [0, 0.1) is 11.3 Å². The summed E-state index contributed by atoms with van der Waals surface area (Å²) < 4.78 is 7.69. The smallest absolute Gasteiger partial charge is 0.246 e. The van der Waals surface area contributed by atoms with Gasteiger partial charge in [0.1, 0.15) is 30.4 Å². The number of rotatable bonds is 6. The fraction of sp³-hybridized carbons (Fsp3) is 0.143. The molecule has 2 aromatic heterocycles. The molecule has 0 saturated carbocycles. The molecule has 3 aromatic rings. The van der Waals surface area contributed by atoms with Crippen molar-refractivity contribution in [3.8, 4) is 17.7 Å². The van der Waals surface area contributed by atoms with Crippen LogP contribution in [0.25, 0.3) is 10.9 Å². The summed E-state index contributed by atoms with van der Waals surface area (Å²) in [6.07, 6.45) is 6.74. The predicted octanol–water partition coefficient (Wildman–Crippen LogP) is 3.64. The second-order valence-corrected chi connectivity index (χ2v) is 6.03. The highest BCUT2D eigenvalue weighted by Crippen LogP contribution is 2.30. The molecule has 28 heavy (non-hydrogen) atoms. The molecule has 1 aromatic carbocycles. The van der Waals surface area contributed by atoms with Gasteiger partial charge in [-0.25, -0.2) is 9.97 Å². The highest BCUT2D eigenvalue weighted by Gasteiger charge is 2.14. The minimum Gasteiger partial charge on any atom is -0.438 e. The first kappa shape index (κ1) is 18.9. The Bertz CT molecular complexity index is 1110. The molecule has 0 unspecified atom stereocenters. The second kappa shape index (κ2) is 8.18. The first-order valence-electron chi connectivity index (χ1n) is 8.59. The second-order valence-electron chi connectivity index (χ2n) is 6.03. The van der Waals surface area contributed by atoms with E-state index >= 15 is 0 Å². The van der Waals surface area contributed by atoms with E-state index in [1.807, 2.05) is 54.1 Å². The van der Waals surface area contributed by atoms with Gasteiger partial charge in [0.2, 0.25) is 11.8 Å². The molecule has 0 aliphatic rings. The van der Waals surface area contributed by atoms with Gasteiger partial charge in [-0.2, -0.15) is 5.26 Å². The number of amides is 1. The maximum Gasteiger partial charge on any atom is 0.246 e. The number of carbonyl (C=O) groups is 1. The SMILES string of the molecule is C=C(/C=C\C)N(C)C(=O)Cn1ccc2c(Oc3cc(C#N)ncn3)cccc21. The fourth-order valence-electron chi connectivity index (χ4n) is 2.71. The van der Waals surface area contributed by atoms with Crippen LogP contribution in [0.1, 0.15) is 12.6 Å². The molecular weight excluding hydrogens is 354 g/mol. The van der Waals surface area contributed by atoms with Gasteiger partial charge in [-0.05, 0) is 31.2 Å². The molecule has 0 atom stereocenters. The first-order valence-corrected chi connectivity index (χ1v) is 8.59. The molecule has 0 aliphatic heterocycles. The largest absolute Gasteiger partial charge is 0.438 e. The highest BCUT2D eigenvalue weighted by molar-refractivity contribution is 5.88. The van der Waals surface area contributed by atoms with Crippen LogP contribution in [0.15, 0.2) is 67.3 Å². The molecule has 7 heteroatoms. The summed E-state index contributed by atoms with van der Waals surface area (Å²) >= 11 is 0. The molecule has 0 radical (unpaired) electrons. The normalized spacial score (nSPS) is 10.8. The lowest BCUT2D eigenvalue weighted by Gasteiger charge is -2.18. The third-order valence-electron chi connectivity index (χ3n) is 4.21. The van der Waals surface area contributed by atoms with Crippen molar-refractivity contribution in [1.29, 1.82) is 5.26 Å². The third kappa shape index (κ3) is 3.91. The number of fused-ring (bicyclic) bond motifs is 1. The number of likely N-dealkylation sites (N-methyl/N-ethyl adjacent to an activating group) is 1. The first-order chi connectivity index (χ1) is 13.5. The number of allylic oxidation sites excluding steroid dienone is 2. The Morgan fingerprint density at radius 2 is 2.21 bits per heavy atom. The average Bonchev–Trinajstić information content (AvgIpc) is 3.11. The van der Waals surface area contributed by atoms with Gasteiger partial charge >= 0.3 is 0 Å². The van der Waals surface area contributed by atoms with Crippen molar-refractivity contribution in [3.63, 3.8) is 0 Å². The molecule has 2 heterocycles. The van der Waals surface area contributed by atoms with E-state index in [9.17, 15) is 4.79 Å². The van der Waals surface area contributed by atoms with E-state index in [0.29, 0.717) is 11.4 Å². The Kier molecular flexibility index (Phi) is 5.51. The van der Waals surface area contributed by atoms with Gasteiger partial charge in [0.15, 0.2) is 0 Å². The highest BCUT2D eigenvalue weighted by atomic mass is 16.5. The Labute approximate surface area is 162 Å². The molecule has 0 aliphatic carbocycles. The number of hydrogen-bond donors (Lipinski definition) is 0. The van der Waals surface area contributed by atoms with E-state index in [1.54, 1.807) is 13.1 Å². The van der Waals surface area contributed by atoms with Gasteiger partial charge in [-0.1, -0.05) is 18.7 Å². The van der Waals surface area contributed by atoms with E-state index in [4.69, 9.17) is 10.00 Å². The molecule has 0 fully saturated rings. The Hall–Kier alpha value is -3.92. The fourth-order valence-corrected chi connectivity index (χ4v) is 2.71. The number of nitriles is 1. The van der Waals surface area contributed by atoms with Gasteiger partial charge in [-0.3, -0.25) is 4.79 Å². The summed E-state index contributed by atoms with van der Waals surface area (Å²) in [5.41, 5.74) is 1.71. The van der Waals surface area contributed by atoms with E-state index in [2.05, 4.69) is 16.5 Å². The van der Waals surface area contributed by atoms with Gasteiger partial charge in [-0.15, -0.1) is 0 Å². The molecular formula is C21H19N5O2. The summed E-state index contributed by atoms with van der Waals surface area (Å²) in [7, 11) is 1.70. The van der Waals surface area contributed by atoms with Gasteiger partial charge in [0, 0.05) is 30.4 Å². The standard InChI is InChI=1S/C21H19N5O2/c1-4-6-15(2)25(3)21(27)13-26-10-9-17-18(26)7-5-8-19(17)28-20-11-16(12-22)23-14-24-20/h4-11,14H,2,13H2,1,3H3/b6-4-. The topological polar surface area (TPSA) is 84.0 Å². The maximum absolute atomic E-state index is 12.5. The van der Waals surface area contributed by atoms with Crippen molar-refractivity contribution in [2.75, 3.05) is 7.05 Å². The zero-order chi connectivity index (χ0) is 20.1. The van der Waals surface area contributed by atoms with Crippen LogP contribution in [0.5, 0.6) is 11.6 Å². The van der Waals surface area contributed by atoms with Crippen LogP contribution in [0.3, 0.4) is 0 Å². The van der Waals surface area contributed by atoms with Gasteiger partial charge in [0.25, 0.3) is 0 Å². The lowest BCUT2D eigenvalue weighted by atomic mass is 10.2. The number of benzene rings is 1. The summed E-state index contributed by atoms with van der Waals surface area (Å²) in [5, 5.41) is 9.79. The summed E-state index contributed by atoms with van der Waals surface area (Å²) in [6.45, 7) is 5.94. The monoisotopic (exact) mass is 373 g/mol. The minimum atomic E-state index is -0.0821. The zero-order valence-corrected chi connectivity index (χ0v) is 15.7.